The first-order valence-electron chi connectivity index (χ1n) is 5.26. The number of rotatable bonds is 0. The van der Waals surface area contributed by atoms with Gasteiger partial charge in [-0.15, -0.1) is 51.0 Å². The van der Waals surface area contributed by atoms with Crippen LogP contribution in [0, 0.1) is 0 Å². The Morgan fingerprint density at radius 1 is 0.467 bits per heavy atom. The van der Waals surface area contributed by atoms with E-state index in [4.69, 9.17) is 0 Å². The fraction of sp³-hybridized carbons (Fsp3) is 1.00. The van der Waals surface area contributed by atoms with Crippen molar-refractivity contribution in [3.05, 3.63) is 10.6 Å². The molecule has 0 N–H and O–H groups in total. The summed E-state index contributed by atoms with van der Waals surface area (Å²) in [4.78, 5) is 0. The maximum Gasteiger partial charge on any atom is 2.00 e. The van der Waals surface area contributed by atoms with Gasteiger partial charge in [0.2, 0.25) is 0 Å². The zero-order valence-corrected chi connectivity index (χ0v) is 13.4. The van der Waals surface area contributed by atoms with Gasteiger partial charge >= 0.3 is 26.2 Å². The predicted molar refractivity (Wildman–Crippen MR) is 68.4 cm³/mol. The summed E-state index contributed by atoms with van der Waals surface area (Å²) in [7, 11) is 0. The zero-order chi connectivity index (χ0) is 8.49. The van der Waals surface area contributed by atoms with Crippen molar-refractivity contribution in [2.24, 2.45) is 0 Å². The fourth-order valence-corrected chi connectivity index (χ4v) is 1.47. The van der Waals surface area contributed by atoms with Crippen LogP contribution >= 0.6 is 24.8 Å². The number of halogens is 2. The summed E-state index contributed by atoms with van der Waals surface area (Å²) < 4.78 is 0. The molecule has 0 radical (unpaired) electrons. The van der Waals surface area contributed by atoms with Gasteiger partial charge in [0.1, 0.15) is 0 Å². The first-order chi connectivity index (χ1) is 6.00. The molecule has 2 rings (SSSR count). The van der Waals surface area contributed by atoms with Crippen LogP contribution < -0.4 is 0 Å². The van der Waals surface area contributed by atoms with Crippen LogP contribution in [0.5, 0.6) is 0 Å². The first kappa shape index (κ1) is 21.6. The standard InChI is InChI=1S/2C5H10N.2ClH.Zr/c2*1-2-4-6-5-3-1;;;/h2*1-5H2;2*1H;/q2*-1;;;+2. The molecule has 2 nitrogen and oxygen atoms in total. The van der Waals surface area contributed by atoms with E-state index in [9.17, 15) is 0 Å². The normalized spacial score (nSPS) is 19.2. The third-order valence-corrected chi connectivity index (χ3v) is 2.26. The summed E-state index contributed by atoms with van der Waals surface area (Å²) in [6.45, 7) is 4.50. The van der Waals surface area contributed by atoms with Crippen molar-refractivity contribution < 1.29 is 26.2 Å². The molecule has 0 atom stereocenters. The summed E-state index contributed by atoms with van der Waals surface area (Å²) in [5.41, 5.74) is 0. The van der Waals surface area contributed by atoms with Crippen LogP contribution in [0.4, 0.5) is 0 Å². The molecule has 0 saturated carbocycles. The van der Waals surface area contributed by atoms with E-state index in [-0.39, 0.29) is 51.0 Å². The zero-order valence-electron chi connectivity index (χ0n) is 9.28. The SMILES string of the molecule is C1CC[N-]CC1.C1CC[N-]CC1.Cl.Cl.[Zr+2]. The third kappa shape index (κ3) is 15.4. The van der Waals surface area contributed by atoms with Crippen molar-refractivity contribution in [1.82, 2.24) is 0 Å². The third-order valence-electron chi connectivity index (χ3n) is 2.26. The summed E-state index contributed by atoms with van der Waals surface area (Å²) >= 11 is 0. The van der Waals surface area contributed by atoms with Gasteiger partial charge in [0.25, 0.3) is 0 Å². The topological polar surface area (TPSA) is 28.2 Å². The van der Waals surface area contributed by atoms with Crippen molar-refractivity contribution in [2.45, 2.75) is 38.5 Å². The Morgan fingerprint density at radius 2 is 0.733 bits per heavy atom. The van der Waals surface area contributed by atoms with E-state index >= 15 is 0 Å². The summed E-state index contributed by atoms with van der Waals surface area (Å²) in [5, 5.41) is 8.35. The molecule has 0 amide bonds. The molecule has 0 aromatic carbocycles. The molecule has 2 aliphatic heterocycles. The largest absolute Gasteiger partial charge is 2.00 e. The van der Waals surface area contributed by atoms with E-state index in [1.54, 1.807) is 0 Å². The fourth-order valence-electron chi connectivity index (χ4n) is 1.47. The number of hydrogen-bond acceptors (Lipinski definition) is 0. The smallest absolute Gasteiger partial charge is 0.662 e. The van der Waals surface area contributed by atoms with Crippen LogP contribution in [-0.2, 0) is 26.2 Å². The van der Waals surface area contributed by atoms with Crippen molar-refractivity contribution in [3.8, 4) is 0 Å². The molecule has 2 aliphatic rings. The van der Waals surface area contributed by atoms with Gasteiger partial charge in [-0.05, 0) is 0 Å². The van der Waals surface area contributed by atoms with Crippen molar-refractivity contribution >= 4 is 24.8 Å². The molecule has 2 heterocycles. The molecular formula is C10H22Cl2N2Zr. The van der Waals surface area contributed by atoms with Crippen LogP contribution in [0.25, 0.3) is 10.6 Å². The molecule has 0 unspecified atom stereocenters. The van der Waals surface area contributed by atoms with E-state index in [0.717, 1.165) is 26.2 Å². The molecule has 5 heteroatoms. The van der Waals surface area contributed by atoms with E-state index in [1.807, 2.05) is 0 Å². The van der Waals surface area contributed by atoms with Crippen LogP contribution in [-0.4, -0.2) is 26.2 Å². The van der Waals surface area contributed by atoms with Gasteiger partial charge in [0.15, 0.2) is 0 Å². The van der Waals surface area contributed by atoms with Gasteiger partial charge in [-0.1, -0.05) is 38.5 Å². The molecule has 2 fully saturated rings. The second-order valence-corrected chi connectivity index (χ2v) is 3.46. The Hall–Kier alpha value is 1.38. The summed E-state index contributed by atoms with van der Waals surface area (Å²) in [6, 6.07) is 0. The van der Waals surface area contributed by atoms with Gasteiger partial charge in [-0.2, -0.15) is 0 Å². The van der Waals surface area contributed by atoms with E-state index in [1.165, 1.54) is 38.5 Å². The molecule has 15 heavy (non-hydrogen) atoms. The van der Waals surface area contributed by atoms with E-state index in [2.05, 4.69) is 10.6 Å². The van der Waals surface area contributed by atoms with Crippen LogP contribution in [0.1, 0.15) is 38.5 Å². The van der Waals surface area contributed by atoms with Crippen molar-refractivity contribution in [2.75, 3.05) is 26.2 Å². The molecule has 0 spiro atoms. The minimum Gasteiger partial charge on any atom is -0.662 e. The predicted octanol–water partition coefficient (Wildman–Crippen LogP) is 3.93. The Balaban J connectivity index is -0.000000160. The minimum absolute atomic E-state index is 0. The Kier molecular flexibility index (Phi) is 25.6. The Bertz CT molecular complexity index is 64.4. The van der Waals surface area contributed by atoms with Gasteiger partial charge in [-0.3, -0.25) is 0 Å². The average molecular weight is 332 g/mol. The Labute approximate surface area is 126 Å². The van der Waals surface area contributed by atoms with Gasteiger partial charge in [0.05, 0.1) is 0 Å². The molecular weight excluding hydrogens is 310 g/mol. The maximum absolute atomic E-state index is 4.18. The molecule has 2 saturated heterocycles. The molecule has 90 valence electrons. The van der Waals surface area contributed by atoms with Crippen LogP contribution in [0.2, 0.25) is 0 Å². The van der Waals surface area contributed by atoms with Gasteiger partial charge in [0, 0.05) is 0 Å². The quantitative estimate of drug-likeness (QED) is 0.643. The number of nitrogens with zero attached hydrogens (tertiary/aromatic N) is 2. The molecule has 0 aromatic rings. The second-order valence-electron chi connectivity index (χ2n) is 3.46. The number of piperidine rings is 2. The van der Waals surface area contributed by atoms with Crippen LogP contribution in [0.15, 0.2) is 0 Å². The van der Waals surface area contributed by atoms with Crippen molar-refractivity contribution in [3.63, 3.8) is 0 Å². The average Bonchev–Trinajstić information content (AvgIpc) is 2.24. The summed E-state index contributed by atoms with van der Waals surface area (Å²) in [5.74, 6) is 0. The van der Waals surface area contributed by atoms with E-state index < -0.39 is 0 Å². The van der Waals surface area contributed by atoms with Crippen molar-refractivity contribution in [1.29, 1.82) is 0 Å². The van der Waals surface area contributed by atoms with E-state index in [0.29, 0.717) is 0 Å². The van der Waals surface area contributed by atoms with Crippen LogP contribution in [0.3, 0.4) is 0 Å². The molecule has 0 aromatic heterocycles. The summed E-state index contributed by atoms with van der Waals surface area (Å²) in [6.07, 6.45) is 8.15. The second kappa shape index (κ2) is 17.8. The maximum atomic E-state index is 4.18. The van der Waals surface area contributed by atoms with Gasteiger partial charge < -0.3 is 10.6 Å². The monoisotopic (exact) mass is 330 g/mol. The Morgan fingerprint density at radius 3 is 0.800 bits per heavy atom. The molecule has 0 aliphatic carbocycles. The number of hydrogen-bond donors (Lipinski definition) is 0. The first-order valence-corrected chi connectivity index (χ1v) is 5.26. The minimum atomic E-state index is 0. The van der Waals surface area contributed by atoms with Gasteiger partial charge in [-0.25, -0.2) is 0 Å². The molecule has 0 bridgehead atoms.